The van der Waals surface area contributed by atoms with E-state index in [0.29, 0.717) is 18.2 Å². The zero-order valence-electron chi connectivity index (χ0n) is 11.9. The summed E-state index contributed by atoms with van der Waals surface area (Å²) < 4.78 is 36.1. The molecule has 0 spiro atoms. The number of hydrogen-bond acceptors (Lipinski definition) is 3. The lowest BCUT2D eigenvalue weighted by atomic mass is 10.1. The summed E-state index contributed by atoms with van der Waals surface area (Å²) >= 11 is 0. The first-order valence-corrected chi connectivity index (χ1v) is 8.63. The number of benzene rings is 2. The summed E-state index contributed by atoms with van der Waals surface area (Å²) in [6.07, 6.45) is 2.49. The van der Waals surface area contributed by atoms with Crippen molar-refractivity contribution in [3.63, 3.8) is 0 Å². The van der Waals surface area contributed by atoms with Gasteiger partial charge in [-0.1, -0.05) is 24.3 Å². The van der Waals surface area contributed by atoms with Crippen LogP contribution in [0.5, 0.6) is 0 Å². The first-order chi connectivity index (χ1) is 10.4. The molecule has 0 radical (unpaired) electrons. The Morgan fingerprint density at radius 2 is 1.95 bits per heavy atom. The number of sulfonamides is 1. The summed E-state index contributed by atoms with van der Waals surface area (Å²) in [6.45, 7) is 0.538. The molecule has 0 amide bonds. The van der Waals surface area contributed by atoms with Crippen molar-refractivity contribution in [3.05, 3.63) is 59.4 Å². The molecule has 0 unspecified atom stereocenters. The van der Waals surface area contributed by atoms with Crippen molar-refractivity contribution in [2.24, 2.45) is 5.14 Å². The lowest BCUT2D eigenvalue weighted by Crippen LogP contribution is -2.14. The summed E-state index contributed by atoms with van der Waals surface area (Å²) in [4.78, 5) is -0.496. The Morgan fingerprint density at radius 3 is 2.64 bits per heavy atom. The minimum atomic E-state index is -4.06. The predicted octanol–water partition coefficient (Wildman–Crippen LogP) is 2.96. The number of hydrogen-bond donors (Lipinski definition) is 2. The zero-order chi connectivity index (χ0) is 15.7. The van der Waals surface area contributed by atoms with Crippen molar-refractivity contribution >= 4 is 15.7 Å². The van der Waals surface area contributed by atoms with Crippen molar-refractivity contribution in [3.8, 4) is 0 Å². The molecule has 6 heteroatoms. The number of anilines is 1. The van der Waals surface area contributed by atoms with Crippen LogP contribution >= 0.6 is 0 Å². The zero-order valence-corrected chi connectivity index (χ0v) is 12.7. The van der Waals surface area contributed by atoms with Gasteiger partial charge in [0.2, 0.25) is 10.0 Å². The highest BCUT2D eigenvalue weighted by Gasteiger charge is 2.23. The molecule has 1 aliphatic rings. The molecule has 0 bridgehead atoms. The third kappa shape index (κ3) is 3.45. The van der Waals surface area contributed by atoms with Gasteiger partial charge in [-0.05, 0) is 48.1 Å². The number of nitrogens with one attached hydrogen (secondary N) is 1. The Balaban J connectivity index is 1.75. The van der Waals surface area contributed by atoms with Crippen LogP contribution in [0.1, 0.15) is 29.9 Å². The molecule has 2 aromatic rings. The number of rotatable bonds is 5. The van der Waals surface area contributed by atoms with Gasteiger partial charge in [0, 0.05) is 12.2 Å². The molecular weight excluding hydrogens is 303 g/mol. The molecule has 4 nitrogen and oxygen atoms in total. The molecule has 0 aromatic heterocycles. The Hall–Kier alpha value is -1.92. The normalized spacial score (nSPS) is 14.8. The first-order valence-electron chi connectivity index (χ1n) is 7.08. The van der Waals surface area contributed by atoms with Crippen LogP contribution in [0.25, 0.3) is 0 Å². The maximum atomic E-state index is 13.5. The maximum Gasteiger partial charge on any atom is 0.241 e. The molecule has 1 fully saturated rings. The van der Waals surface area contributed by atoms with Crippen molar-refractivity contribution in [2.75, 3.05) is 5.32 Å². The van der Waals surface area contributed by atoms with Gasteiger partial charge >= 0.3 is 0 Å². The summed E-state index contributed by atoms with van der Waals surface area (Å²) in [7, 11) is -4.06. The van der Waals surface area contributed by atoms with E-state index in [1.165, 1.54) is 30.5 Å². The van der Waals surface area contributed by atoms with Crippen LogP contribution in [0.15, 0.2) is 47.4 Å². The molecule has 22 heavy (non-hydrogen) atoms. The van der Waals surface area contributed by atoms with Crippen LogP contribution in [0.3, 0.4) is 0 Å². The molecule has 3 N–H and O–H groups in total. The predicted molar refractivity (Wildman–Crippen MR) is 83.5 cm³/mol. The van der Waals surface area contributed by atoms with Crippen molar-refractivity contribution in [2.45, 2.75) is 30.2 Å². The Labute approximate surface area is 129 Å². The lowest BCUT2D eigenvalue weighted by molar-refractivity contribution is 0.568. The molecule has 2 aromatic carbocycles. The number of halogens is 1. The van der Waals surface area contributed by atoms with Crippen LogP contribution in [-0.4, -0.2) is 8.42 Å². The molecule has 0 saturated heterocycles. The van der Waals surface area contributed by atoms with E-state index >= 15 is 0 Å². The van der Waals surface area contributed by atoms with Crippen LogP contribution in [0, 0.1) is 5.82 Å². The second-order valence-corrected chi connectivity index (χ2v) is 7.09. The van der Waals surface area contributed by atoms with E-state index in [-0.39, 0.29) is 0 Å². The Morgan fingerprint density at radius 1 is 1.18 bits per heavy atom. The highest BCUT2D eigenvalue weighted by Crippen LogP contribution is 2.40. The molecule has 3 rings (SSSR count). The largest absolute Gasteiger partial charge is 0.381 e. The summed E-state index contributed by atoms with van der Waals surface area (Å²) in [5, 5.41) is 8.10. The third-order valence-corrected chi connectivity index (χ3v) is 4.66. The van der Waals surface area contributed by atoms with E-state index < -0.39 is 20.7 Å². The van der Waals surface area contributed by atoms with E-state index in [1.54, 1.807) is 0 Å². The lowest BCUT2D eigenvalue weighted by Gasteiger charge is -2.09. The highest BCUT2D eigenvalue weighted by atomic mass is 32.2. The third-order valence-electron chi connectivity index (χ3n) is 3.73. The van der Waals surface area contributed by atoms with Gasteiger partial charge < -0.3 is 5.32 Å². The van der Waals surface area contributed by atoms with Crippen LogP contribution < -0.4 is 10.5 Å². The van der Waals surface area contributed by atoms with Crippen molar-refractivity contribution in [1.29, 1.82) is 0 Å². The second-order valence-electron chi connectivity index (χ2n) is 5.56. The van der Waals surface area contributed by atoms with Gasteiger partial charge in [0.25, 0.3) is 0 Å². The maximum absolute atomic E-state index is 13.5. The van der Waals surface area contributed by atoms with Gasteiger partial charge in [0.05, 0.1) is 0 Å². The standard InChI is InChI=1S/C16H17FN2O2S/c17-15-7-6-14(9-16(15)22(18,20)21)19-10-11-2-1-3-13(8-11)12-4-5-12/h1-3,6-9,12,19H,4-5,10H2,(H2,18,20,21). The van der Waals surface area contributed by atoms with E-state index in [2.05, 4.69) is 17.4 Å². The van der Waals surface area contributed by atoms with E-state index in [0.717, 1.165) is 11.6 Å². The SMILES string of the molecule is NS(=O)(=O)c1cc(NCc2cccc(C3CC3)c2)ccc1F. The number of nitrogens with two attached hydrogens (primary N) is 1. The van der Waals surface area contributed by atoms with Gasteiger partial charge in [-0.25, -0.2) is 17.9 Å². The highest BCUT2D eigenvalue weighted by molar-refractivity contribution is 7.89. The van der Waals surface area contributed by atoms with E-state index in [9.17, 15) is 12.8 Å². The van der Waals surface area contributed by atoms with Gasteiger partial charge in [0.15, 0.2) is 0 Å². The molecule has 0 aliphatic heterocycles. The Kier molecular flexibility index (Phi) is 3.88. The fourth-order valence-electron chi connectivity index (χ4n) is 2.41. The first kappa shape index (κ1) is 15.0. The topological polar surface area (TPSA) is 72.2 Å². The fourth-order valence-corrected chi connectivity index (χ4v) is 3.04. The minimum absolute atomic E-state index is 0.496. The minimum Gasteiger partial charge on any atom is -0.381 e. The average molecular weight is 320 g/mol. The molecule has 1 saturated carbocycles. The monoisotopic (exact) mass is 320 g/mol. The number of primary sulfonamides is 1. The molecule has 1 aliphatic carbocycles. The Bertz CT molecular complexity index is 802. The summed E-state index contributed by atoms with van der Waals surface area (Å²) in [6, 6.07) is 12.1. The molecule has 0 heterocycles. The summed E-state index contributed by atoms with van der Waals surface area (Å²) in [5.41, 5.74) is 2.96. The van der Waals surface area contributed by atoms with Crippen LogP contribution in [0.2, 0.25) is 0 Å². The van der Waals surface area contributed by atoms with Gasteiger partial charge in [0.1, 0.15) is 10.7 Å². The smallest absolute Gasteiger partial charge is 0.241 e. The van der Waals surface area contributed by atoms with Crippen molar-refractivity contribution in [1.82, 2.24) is 0 Å². The van der Waals surface area contributed by atoms with E-state index in [4.69, 9.17) is 5.14 Å². The molecule has 116 valence electrons. The van der Waals surface area contributed by atoms with Gasteiger partial charge in [-0.3, -0.25) is 0 Å². The van der Waals surface area contributed by atoms with Gasteiger partial charge in [-0.2, -0.15) is 0 Å². The van der Waals surface area contributed by atoms with Gasteiger partial charge in [-0.15, -0.1) is 0 Å². The molecular formula is C16H17FN2O2S. The average Bonchev–Trinajstić information content (AvgIpc) is 3.30. The van der Waals surface area contributed by atoms with Crippen LogP contribution in [0.4, 0.5) is 10.1 Å². The molecule has 0 atom stereocenters. The van der Waals surface area contributed by atoms with Crippen molar-refractivity contribution < 1.29 is 12.8 Å². The second kappa shape index (κ2) is 5.70. The van der Waals surface area contributed by atoms with E-state index in [1.807, 2.05) is 12.1 Å². The van der Waals surface area contributed by atoms with Crippen LogP contribution in [-0.2, 0) is 16.6 Å². The fraction of sp³-hybridized carbons (Fsp3) is 0.250. The summed E-state index contributed by atoms with van der Waals surface area (Å²) in [5.74, 6) is -0.163. The quantitative estimate of drug-likeness (QED) is 0.889.